The predicted molar refractivity (Wildman–Crippen MR) is 80.1 cm³/mol. The van der Waals surface area contributed by atoms with E-state index in [0.717, 1.165) is 31.2 Å². The Morgan fingerprint density at radius 1 is 1.32 bits per heavy atom. The summed E-state index contributed by atoms with van der Waals surface area (Å²) in [4.78, 5) is 11.5. The number of carbonyl (C=O) groups excluding carboxylic acids is 1. The fourth-order valence-corrected chi connectivity index (χ4v) is 4.38. The van der Waals surface area contributed by atoms with Crippen LogP contribution in [0.2, 0.25) is 0 Å². The Morgan fingerprint density at radius 3 is 3.05 bits per heavy atom. The molecule has 0 aliphatic carbocycles. The molecular weight excluding hydrogens is 260 g/mol. The van der Waals surface area contributed by atoms with Gasteiger partial charge in [0.1, 0.15) is 0 Å². The van der Waals surface area contributed by atoms with Crippen molar-refractivity contribution in [1.29, 1.82) is 0 Å². The molecule has 3 atom stereocenters. The average Bonchev–Trinajstić information content (AvgIpc) is 2.99. The van der Waals surface area contributed by atoms with E-state index in [2.05, 4.69) is 27.7 Å². The molecule has 0 spiro atoms. The van der Waals surface area contributed by atoms with Gasteiger partial charge >= 0.3 is 0 Å². The van der Waals surface area contributed by atoms with Crippen LogP contribution in [0.3, 0.4) is 0 Å². The molecule has 2 saturated heterocycles. The van der Waals surface area contributed by atoms with Gasteiger partial charge in [0.25, 0.3) is 0 Å². The molecule has 5 nitrogen and oxygen atoms in total. The molecule has 19 heavy (non-hydrogen) atoms. The lowest BCUT2D eigenvalue weighted by Gasteiger charge is -2.16. The summed E-state index contributed by atoms with van der Waals surface area (Å²) < 4.78 is 0. The van der Waals surface area contributed by atoms with Gasteiger partial charge in [0.15, 0.2) is 0 Å². The molecule has 0 bridgehead atoms. The van der Waals surface area contributed by atoms with Gasteiger partial charge in [-0.2, -0.15) is 11.8 Å². The normalized spacial score (nSPS) is 29.4. The summed E-state index contributed by atoms with van der Waals surface area (Å²) >= 11 is 2.07. The zero-order valence-corrected chi connectivity index (χ0v) is 12.3. The Balaban J connectivity index is 1.51. The maximum atomic E-state index is 11.5. The van der Waals surface area contributed by atoms with Crippen LogP contribution in [0.5, 0.6) is 0 Å². The lowest BCUT2D eigenvalue weighted by molar-refractivity contribution is -0.121. The van der Waals surface area contributed by atoms with Crippen LogP contribution < -0.4 is 21.7 Å². The highest BCUT2D eigenvalue weighted by Crippen LogP contribution is 2.32. The molecule has 0 aromatic carbocycles. The van der Waals surface area contributed by atoms with Gasteiger partial charge in [0, 0.05) is 42.7 Å². The number of nitrogens with one attached hydrogen (secondary N) is 3. The van der Waals surface area contributed by atoms with E-state index < -0.39 is 0 Å². The zero-order chi connectivity index (χ0) is 13.5. The van der Waals surface area contributed by atoms with E-state index in [1.54, 1.807) is 0 Å². The second kappa shape index (κ2) is 8.09. The van der Waals surface area contributed by atoms with Gasteiger partial charge < -0.3 is 11.1 Å². The molecule has 2 heterocycles. The van der Waals surface area contributed by atoms with Crippen LogP contribution in [0, 0.1) is 0 Å². The number of hydrogen-bond donors (Lipinski definition) is 4. The third-order valence-electron chi connectivity index (χ3n) is 3.87. The Kier molecular flexibility index (Phi) is 6.43. The molecule has 0 aromatic rings. The van der Waals surface area contributed by atoms with Gasteiger partial charge in [-0.3, -0.25) is 15.4 Å². The molecule has 3 unspecified atom stereocenters. The topological polar surface area (TPSA) is 79.2 Å². The molecule has 0 saturated carbocycles. The predicted octanol–water partition coefficient (Wildman–Crippen LogP) is 0.0147. The molecule has 5 N–H and O–H groups in total. The Labute approximate surface area is 119 Å². The zero-order valence-electron chi connectivity index (χ0n) is 11.5. The number of nitrogens with two attached hydrogens (primary N) is 1. The van der Waals surface area contributed by atoms with E-state index in [9.17, 15) is 4.79 Å². The number of hydrogen-bond acceptors (Lipinski definition) is 5. The monoisotopic (exact) mass is 286 g/mol. The second-order valence-corrected chi connectivity index (χ2v) is 6.60. The molecule has 0 radical (unpaired) electrons. The van der Waals surface area contributed by atoms with Crippen LogP contribution in [-0.4, -0.2) is 48.8 Å². The van der Waals surface area contributed by atoms with E-state index in [1.807, 2.05) is 0 Å². The van der Waals surface area contributed by atoms with Gasteiger partial charge in [-0.1, -0.05) is 6.42 Å². The van der Waals surface area contributed by atoms with Crippen LogP contribution in [-0.2, 0) is 4.79 Å². The number of thioether (sulfide) groups is 1. The largest absolute Gasteiger partial charge is 0.356 e. The first kappa shape index (κ1) is 15.1. The smallest absolute Gasteiger partial charge is 0.219 e. The first-order valence-electron chi connectivity index (χ1n) is 7.36. The summed E-state index contributed by atoms with van der Waals surface area (Å²) in [6, 6.07) is 1.30. The van der Waals surface area contributed by atoms with Crippen LogP contribution in [0.4, 0.5) is 0 Å². The quantitative estimate of drug-likeness (QED) is 0.473. The lowest BCUT2D eigenvalue weighted by Crippen LogP contribution is -2.36. The molecular formula is C13H26N4OS. The van der Waals surface area contributed by atoms with Gasteiger partial charge in [-0.25, -0.2) is 0 Å². The fraction of sp³-hybridized carbons (Fsp3) is 0.923. The maximum Gasteiger partial charge on any atom is 0.219 e. The van der Waals surface area contributed by atoms with Gasteiger partial charge in [-0.15, -0.1) is 0 Å². The van der Waals surface area contributed by atoms with Crippen molar-refractivity contribution in [3.8, 4) is 0 Å². The summed E-state index contributed by atoms with van der Waals surface area (Å²) in [5, 5.41) is 10.6. The lowest BCUT2D eigenvalue weighted by atomic mass is 10.0. The molecule has 2 aliphatic heterocycles. The first-order chi connectivity index (χ1) is 9.31. The summed E-state index contributed by atoms with van der Waals surface area (Å²) in [6.07, 6.45) is 4.88. The average molecular weight is 286 g/mol. The Bertz CT molecular complexity index is 290. The minimum atomic E-state index is 0.172. The van der Waals surface area contributed by atoms with Crippen molar-refractivity contribution in [2.45, 2.75) is 49.4 Å². The van der Waals surface area contributed by atoms with Crippen molar-refractivity contribution in [3.05, 3.63) is 0 Å². The number of fused-ring (bicyclic) bond motifs is 1. The van der Waals surface area contributed by atoms with Crippen molar-refractivity contribution < 1.29 is 4.79 Å². The summed E-state index contributed by atoms with van der Waals surface area (Å²) in [5.41, 5.74) is 5.38. The second-order valence-electron chi connectivity index (χ2n) is 5.33. The molecule has 2 fully saturated rings. The first-order valence-corrected chi connectivity index (χ1v) is 8.41. The summed E-state index contributed by atoms with van der Waals surface area (Å²) in [5.74, 6) is 1.40. The van der Waals surface area contributed by atoms with Gasteiger partial charge in [0.2, 0.25) is 5.91 Å². The van der Waals surface area contributed by atoms with E-state index in [4.69, 9.17) is 5.73 Å². The van der Waals surface area contributed by atoms with E-state index >= 15 is 0 Å². The fourth-order valence-electron chi connectivity index (χ4n) is 2.77. The maximum absolute atomic E-state index is 11.5. The van der Waals surface area contributed by atoms with Crippen LogP contribution in [0.15, 0.2) is 0 Å². The minimum absolute atomic E-state index is 0.172. The van der Waals surface area contributed by atoms with Gasteiger partial charge in [-0.05, 0) is 25.8 Å². The SMILES string of the molecule is NCCCNC(=O)CCCCC1SCC2NCNC21. The number of unbranched alkanes of at least 4 members (excludes halogenated alkanes) is 1. The number of carbonyl (C=O) groups is 1. The van der Waals surface area contributed by atoms with Crippen LogP contribution in [0.25, 0.3) is 0 Å². The third kappa shape index (κ3) is 4.63. The molecule has 6 heteroatoms. The standard InChI is InChI=1S/C13H26N4OS/c14-6-3-7-15-12(18)5-2-1-4-11-13-10(8-19-11)16-9-17-13/h10-11,13,16-17H,1-9,14H2,(H,15,18). The number of amides is 1. The molecule has 0 aromatic heterocycles. The van der Waals surface area contributed by atoms with Crippen molar-refractivity contribution in [3.63, 3.8) is 0 Å². The highest BCUT2D eigenvalue weighted by molar-refractivity contribution is 8.00. The van der Waals surface area contributed by atoms with Crippen molar-refractivity contribution in [2.24, 2.45) is 5.73 Å². The van der Waals surface area contributed by atoms with Crippen molar-refractivity contribution in [2.75, 3.05) is 25.5 Å². The van der Waals surface area contributed by atoms with Gasteiger partial charge in [0.05, 0.1) is 0 Å². The van der Waals surface area contributed by atoms with Crippen molar-refractivity contribution >= 4 is 17.7 Å². The van der Waals surface area contributed by atoms with Crippen LogP contribution in [0.1, 0.15) is 32.1 Å². The molecule has 2 aliphatic rings. The van der Waals surface area contributed by atoms with Crippen LogP contribution >= 0.6 is 11.8 Å². The number of rotatable bonds is 8. The molecule has 1 amide bonds. The minimum Gasteiger partial charge on any atom is -0.356 e. The molecule has 2 rings (SSSR count). The van der Waals surface area contributed by atoms with E-state index in [0.29, 0.717) is 31.6 Å². The van der Waals surface area contributed by atoms with E-state index in [-0.39, 0.29) is 5.91 Å². The van der Waals surface area contributed by atoms with E-state index in [1.165, 1.54) is 12.2 Å². The molecule has 110 valence electrons. The highest BCUT2D eigenvalue weighted by Gasteiger charge is 2.38. The Morgan fingerprint density at radius 2 is 2.21 bits per heavy atom. The van der Waals surface area contributed by atoms with Crippen molar-refractivity contribution in [1.82, 2.24) is 16.0 Å². The highest BCUT2D eigenvalue weighted by atomic mass is 32.2. The third-order valence-corrected chi connectivity index (χ3v) is 5.38. The Hall–Kier alpha value is -0.300. The summed E-state index contributed by atoms with van der Waals surface area (Å²) in [6.45, 7) is 2.31. The summed E-state index contributed by atoms with van der Waals surface area (Å²) in [7, 11) is 0.